The number of benzene rings is 1. The number of aliphatic hydroxyl groups excluding tert-OH is 1. The average Bonchev–Trinajstić information content (AvgIpc) is 3.23. The molecular weight excluding hydrogens is 411 g/mol. The molecular formula is C23H35AsN2O2. The van der Waals surface area contributed by atoms with Gasteiger partial charge in [-0.1, -0.05) is 5.57 Å². The van der Waals surface area contributed by atoms with Gasteiger partial charge in [0.1, 0.15) is 0 Å². The van der Waals surface area contributed by atoms with Crippen LogP contribution in [-0.4, -0.2) is 56.2 Å². The summed E-state index contributed by atoms with van der Waals surface area (Å²) in [6, 6.07) is 8.30. The first-order chi connectivity index (χ1) is 13.5. The molecule has 1 aromatic rings. The van der Waals surface area contributed by atoms with Gasteiger partial charge in [0.2, 0.25) is 0 Å². The molecule has 1 atom stereocenters. The zero-order chi connectivity index (χ0) is 19.9. The van der Waals surface area contributed by atoms with Crippen LogP contribution in [0.1, 0.15) is 57.6 Å². The molecule has 2 aliphatic rings. The molecule has 0 aliphatic carbocycles. The van der Waals surface area contributed by atoms with Crippen LogP contribution in [0.2, 0.25) is 10.4 Å². The maximum atomic E-state index is 12.7. The third-order valence-electron chi connectivity index (χ3n) is 5.86. The van der Waals surface area contributed by atoms with E-state index in [1.807, 2.05) is 12.1 Å². The molecule has 2 fully saturated rings. The molecule has 3 rings (SSSR count). The molecule has 2 saturated heterocycles. The second kappa shape index (κ2) is 10.6. The van der Waals surface area contributed by atoms with Crippen molar-refractivity contribution in [3.63, 3.8) is 0 Å². The van der Waals surface area contributed by atoms with E-state index in [1.54, 1.807) is 0 Å². The van der Waals surface area contributed by atoms with E-state index in [0.29, 0.717) is 0 Å². The zero-order valence-corrected chi connectivity index (χ0v) is 19.2. The van der Waals surface area contributed by atoms with Crippen LogP contribution in [0.3, 0.4) is 0 Å². The van der Waals surface area contributed by atoms with Gasteiger partial charge in [-0.05, 0) is 13.8 Å². The number of nitrogens with zero attached hydrogens (tertiary/aromatic N) is 1. The van der Waals surface area contributed by atoms with Crippen LogP contribution in [0.4, 0.5) is 0 Å². The Morgan fingerprint density at radius 1 is 1.25 bits per heavy atom. The molecule has 2 heterocycles. The fraction of sp³-hybridized carbons (Fsp3) is 0.609. The first kappa shape index (κ1) is 21.6. The fourth-order valence-electron chi connectivity index (χ4n) is 4.22. The van der Waals surface area contributed by atoms with Crippen LogP contribution >= 0.6 is 0 Å². The number of carbonyl (C=O) groups is 1. The standard InChI is InChI=1S/C23H35AsN2O2/c1-18(2)8-7-15-26-16-11-19(12-17-26)25-23(28)22(27)20-9-3-4-10-21(20)24-13-5-6-14-24/h3-4,8-10,19,22,27H,5-7,11-17H2,1-2H3,(H,25,28). The Morgan fingerprint density at radius 3 is 2.61 bits per heavy atom. The predicted molar refractivity (Wildman–Crippen MR) is 117 cm³/mol. The summed E-state index contributed by atoms with van der Waals surface area (Å²) in [6.45, 7) is 7.41. The van der Waals surface area contributed by atoms with E-state index in [1.165, 1.54) is 33.2 Å². The molecule has 1 amide bonds. The van der Waals surface area contributed by atoms with Crippen molar-refractivity contribution >= 4 is 24.9 Å². The van der Waals surface area contributed by atoms with Gasteiger partial charge in [0.15, 0.2) is 0 Å². The summed E-state index contributed by atoms with van der Waals surface area (Å²) in [6.07, 6.45) is 6.91. The number of amides is 1. The second-order valence-electron chi connectivity index (χ2n) is 8.35. The minimum absolute atomic E-state index is 0.179. The number of likely N-dealkylation sites (tertiary alicyclic amines) is 1. The van der Waals surface area contributed by atoms with Gasteiger partial charge >= 0.3 is 155 Å². The molecule has 2 aliphatic heterocycles. The van der Waals surface area contributed by atoms with Crippen LogP contribution in [-0.2, 0) is 4.79 Å². The molecule has 1 unspecified atom stereocenters. The van der Waals surface area contributed by atoms with Crippen LogP contribution < -0.4 is 9.67 Å². The second-order valence-corrected chi connectivity index (χ2v) is 13.5. The molecule has 5 heteroatoms. The molecule has 0 radical (unpaired) electrons. The summed E-state index contributed by atoms with van der Waals surface area (Å²) in [7, 11) is 0. The van der Waals surface area contributed by atoms with Gasteiger partial charge in [-0.15, -0.1) is 0 Å². The van der Waals surface area contributed by atoms with Crippen LogP contribution in [0.25, 0.3) is 0 Å². The molecule has 0 bridgehead atoms. The summed E-state index contributed by atoms with van der Waals surface area (Å²) in [5.74, 6) is -0.219. The van der Waals surface area contributed by atoms with Crippen molar-refractivity contribution in [1.29, 1.82) is 0 Å². The van der Waals surface area contributed by atoms with Crippen molar-refractivity contribution in [1.82, 2.24) is 10.2 Å². The molecule has 28 heavy (non-hydrogen) atoms. The Bertz CT molecular complexity index is 673. The van der Waals surface area contributed by atoms with Gasteiger partial charge in [-0.2, -0.15) is 0 Å². The minimum atomic E-state index is -1.07. The van der Waals surface area contributed by atoms with Crippen molar-refractivity contribution in [3.05, 3.63) is 41.5 Å². The van der Waals surface area contributed by atoms with Crippen molar-refractivity contribution in [3.8, 4) is 0 Å². The number of hydrogen-bond acceptors (Lipinski definition) is 3. The Hall–Kier alpha value is -1.09. The van der Waals surface area contributed by atoms with E-state index in [9.17, 15) is 9.90 Å². The number of hydrogen-bond donors (Lipinski definition) is 2. The van der Waals surface area contributed by atoms with Gasteiger partial charge < -0.3 is 0 Å². The monoisotopic (exact) mass is 446 g/mol. The number of aliphatic hydroxyl groups is 1. The number of carbonyl (C=O) groups excluding carboxylic acids is 1. The Balaban J connectivity index is 1.51. The summed E-state index contributed by atoms with van der Waals surface area (Å²) < 4.78 is 1.31. The zero-order valence-electron chi connectivity index (χ0n) is 17.4. The number of rotatable bonds is 7. The average molecular weight is 446 g/mol. The third-order valence-corrected chi connectivity index (χ3v) is 11.7. The van der Waals surface area contributed by atoms with E-state index in [0.717, 1.165) is 44.5 Å². The van der Waals surface area contributed by atoms with E-state index in [-0.39, 0.29) is 11.9 Å². The summed E-state index contributed by atoms with van der Waals surface area (Å²) >= 11 is -1.07. The number of piperidine rings is 1. The van der Waals surface area contributed by atoms with Crippen molar-refractivity contribution < 1.29 is 9.90 Å². The van der Waals surface area contributed by atoms with Gasteiger partial charge in [0.25, 0.3) is 0 Å². The first-order valence-corrected chi connectivity index (χ1v) is 14.3. The summed E-state index contributed by atoms with van der Waals surface area (Å²) in [5.41, 5.74) is 2.23. The molecule has 0 saturated carbocycles. The van der Waals surface area contributed by atoms with Crippen LogP contribution in [0.5, 0.6) is 0 Å². The molecule has 4 nitrogen and oxygen atoms in total. The van der Waals surface area contributed by atoms with Crippen molar-refractivity contribution in [2.45, 2.75) is 68.5 Å². The van der Waals surface area contributed by atoms with Gasteiger partial charge in [0, 0.05) is 0 Å². The molecule has 0 aromatic heterocycles. The summed E-state index contributed by atoms with van der Waals surface area (Å²) in [5, 5.41) is 16.5. The van der Waals surface area contributed by atoms with Crippen molar-refractivity contribution in [2.75, 3.05) is 19.6 Å². The van der Waals surface area contributed by atoms with Gasteiger partial charge in [-0.25, -0.2) is 0 Å². The molecule has 1 aromatic carbocycles. The maximum absolute atomic E-state index is 12.7. The number of allylic oxidation sites excluding steroid dienone is 1. The topological polar surface area (TPSA) is 52.6 Å². The van der Waals surface area contributed by atoms with E-state index >= 15 is 0 Å². The Labute approximate surface area is 174 Å². The Morgan fingerprint density at radius 2 is 1.93 bits per heavy atom. The Kier molecular flexibility index (Phi) is 8.20. The molecule has 154 valence electrons. The molecule has 0 spiro atoms. The fourth-order valence-corrected chi connectivity index (χ4v) is 10.0. The number of nitrogens with one attached hydrogen (secondary N) is 1. The van der Waals surface area contributed by atoms with Gasteiger partial charge in [0.05, 0.1) is 0 Å². The third kappa shape index (κ3) is 5.95. The van der Waals surface area contributed by atoms with Crippen LogP contribution in [0, 0.1) is 0 Å². The van der Waals surface area contributed by atoms with Gasteiger partial charge in [-0.3, -0.25) is 0 Å². The first-order valence-electron chi connectivity index (χ1n) is 10.7. The quantitative estimate of drug-likeness (QED) is 0.500. The predicted octanol–water partition coefficient (Wildman–Crippen LogP) is 3.15. The SMILES string of the molecule is CC(C)=CCCN1CCC(NC(=O)C(O)c2ccccc2[As]2CCCC2)CC1. The van der Waals surface area contributed by atoms with E-state index in [4.69, 9.17) is 0 Å². The van der Waals surface area contributed by atoms with Crippen molar-refractivity contribution in [2.24, 2.45) is 0 Å². The molecule has 2 N–H and O–H groups in total. The van der Waals surface area contributed by atoms with E-state index < -0.39 is 20.8 Å². The van der Waals surface area contributed by atoms with Crippen LogP contribution in [0.15, 0.2) is 35.9 Å². The summed E-state index contributed by atoms with van der Waals surface area (Å²) in [4.78, 5) is 15.2. The van der Waals surface area contributed by atoms with E-state index in [2.05, 4.69) is 42.3 Å². The normalized spacial score (nSPS) is 20.1.